The van der Waals surface area contributed by atoms with Crippen molar-refractivity contribution in [3.63, 3.8) is 0 Å². The molecule has 2 aliphatic carbocycles. The molecule has 2 saturated heterocycles. The van der Waals surface area contributed by atoms with Crippen molar-refractivity contribution in [1.29, 1.82) is 0 Å². The molecule has 3 aromatic rings. The molecular formula is C38H33Cl2F3N4O8. The van der Waals surface area contributed by atoms with Crippen molar-refractivity contribution in [2.75, 3.05) is 25.2 Å². The molecule has 7 rings (SSSR count). The minimum absolute atomic E-state index is 0.0475. The number of allylic oxidation sites excluding steroid dienone is 2. The summed E-state index contributed by atoms with van der Waals surface area (Å²) in [7, 11) is 0. The number of carboxylic acid groups (broad SMARTS) is 1. The molecule has 4 aliphatic rings. The SMILES string of the molecule is O=C(O)CCCN1C(=O)C2CC=C3C(CC4C(=O)N(Nc5ncc(C(F)(F)F)cc5Cl)C(=O)C4(c4ccc(Cl)cc4)C3c3ccccc3OCCO)C2C1=O. The second-order valence-electron chi connectivity index (χ2n) is 13.9. The maximum absolute atomic E-state index is 15.3. The number of halogens is 5. The molecule has 17 heteroatoms. The molecular weight excluding hydrogens is 768 g/mol. The van der Waals surface area contributed by atoms with Gasteiger partial charge in [-0.05, 0) is 55.0 Å². The van der Waals surface area contributed by atoms with Crippen molar-refractivity contribution in [3.8, 4) is 5.75 Å². The van der Waals surface area contributed by atoms with Crippen molar-refractivity contribution in [2.45, 2.75) is 43.2 Å². The second kappa shape index (κ2) is 14.6. The van der Waals surface area contributed by atoms with Crippen LogP contribution in [-0.4, -0.2) is 74.5 Å². The Kier molecular flexibility index (Phi) is 10.2. The highest BCUT2D eigenvalue weighted by atomic mass is 35.5. The number of amides is 4. The van der Waals surface area contributed by atoms with E-state index in [0.717, 1.165) is 4.90 Å². The Hall–Kier alpha value is -4.99. The summed E-state index contributed by atoms with van der Waals surface area (Å²) < 4.78 is 46.4. The van der Waals surface area contributed by atoms with Gasteiger partial charge in [0.15, 0.2) is 5.82 Å². The Morgan fingerprint density at radius 2 is 1.75 bits per heavy atom. The predicted octanol–water partition coefficient (Wildman–Crippen LogP) is 5.63. The molecule has 3 heterocycles. The number of nitrogens with one attached hydrogen (secondary N) is 1. The van der Waals surface area contributed by atoms with Gasteiger partial charge in [-0.25, -0.2) is 4.98 Å². The van der Waals surface area contributed by atoms with Gasteiger partial charge in [0.25, 0.3) is 11.8 Å². The first-order valence-corrected chi connectivity index (χ1v) is 18.2. The summed E-state index contributed by atoms with van der Waals surface area (Å²) in [5.41, 5.74) is 1.05. The van der Waals surface area contributed by atoms with Crippen LogP contribution < -0.4 is 10.2 Å². The smallest absolute Gasteiger partial charge is 0.417 e. The highest BCUT2D eigenvalue weighted by Crippen LogP contribution is 2.65. The molecule has 2 aromatic carbocycles. The number of aromatic nitrogens is 1. The lowest BCUT2D eigenvalue weighted by Crippen LogP contribution is -2.53. The Morgan fingerprint density at radius 1 is 1.02 bits per heavy atom. The number of likely N-dealkylation sites (tertiary alicyclic amines) is 1. The van der Waals surface area contributed by atoms with Gasteiger partial charge in [-0.2, -0.15) is 18.2 Å². The Morgan fingerprint density at radius 3 is 2.42 bits per heavy atom. The van der Waals surface area contributed by atoms with Gasteiger partial charge >= 0.3 is 12.1 Å². The summed E-state index contributed by atoms with van der Waals surface area (Å²) >= 11 is 12.6. The molecule has 3 N–H and O–H groups in total. The minimum Gasteiger partial charge on any atom is -0.491 e. The maximum Gasteiger partial charge on any atom is 0.417 e. The highest BCUT2D eigenvalue weighted by Gasteiger charge is 2.70. The number of hydrogen-bond acceptors (Lipinski definition) is 9. The Labute approximate surface area is 321 Å². The Bertz CT molecular complexity index is 2120. The number of aliphatic carboxylic acids is 1. The van der Waals surface area contributed by atoms with Crippen LogP contribution in [-0.2, 0) is 35.6 Å². The quantitative estimate of drug-likeness (QED) is 0.164. The van der Waals surface area contributed by atoms with Crippen molar-refractivity contribution in [3.05, 3.63) is 99.2 Å². The first-order chi connectivity index (χ1) is 26.2. The standard InChI is InChI=1S/C38H33Cl2F3N4O8/c39-21-9-7-19(8-10-21)37-26(34(52)47(36(37)54)45-32-27(40)16-20(18-44-32)38(41,42)43)17-25-22(31(37)23-4-1-2-5-28(23)55-15-14-48)11-12-24-30(25)35(53)46(33(24)51)13-3-6-29(49)50/h1-2,4-5,7-11,16,18,24-26,30-31,48H,3,6,12-15,17H2,(H,44,45)(H,49,50). The molecule has 0 spiro atoms. The zero-order valence-corrected chi connectivity index (χ0v) is 30.3. The summed E-state index contributed by atoms with van der Waals surface area (Å²) in [6.07, 6.45) is -2.62. The van der Waals surface area contributed by atoms with Crippen LogP contribution in [0.4, 0.5) is 19.0 Å². The number of benzene rings is 2. The normalized spacial score (nSPS) is 26.1. The van der Waals surface area contributed by atoms with Crippen molar-refractivity contribution >= 4 is 58.6 Å². The Balaban J connectivity index is 1.41. The number of fused-ring (bicyclic) bond motifs is 4. The number of hydrogen-bond donors (Lipinski definition) is 3. The van der Waals surface area contributed by atoms with Crippen LogP contribution in [0, 0.1) is 23.7 Å². The maximum atomic E-state index is 15.3. The summed E-state index contributed by atoms with van der Waals surface area (Å²) in [5.74, 6) is -8.49. The number of aliphatic hydroxyl groups excluding tert-OH is 1. The van der Waals surface area contributed by atoms with Crippen LogP contribution in [0.3, 0.4) is 0 Å². The molecule has 4 amide bonds. The van der Waals surface area contributed by atoms with Crippen molar-refractivity contribution in [2.24, 2.45) is 23.7 Å². The first-order valence-electron chi connectivity index (χ1n) is 17.4. The van der Waals surface area contributed by atoms with Crippen LogP contribution in [0.15, 0.2) is 72.4 Å². The number of anilines is 1. The number of para-hydroxylation sites is 1. The summed E-state index contributed by atoms with van der Waals surface area (Å²) in [6.45, 7) is -0.566. The number of nitrogens with zero attached hydrogens (tertiary/aromatic N) is 3. The van der Waals surface area contributed by atoms with E-state index in [1.54, 1.807) is 48.5 Å². The number of carbonyl (C=O) groups is 5. The predicted molar refractivity (Wildman–Crippen MR) is 189 cm³/mol. The van der Waals surface area contributed by atoms with E-state index in [9.17, 15) is 42.6 Å². The fourth-order valence-corrected chi connectivity index (χ4v) is 9.14. The molecule has 0 radical (unpaired) electrons. The van der Waals surface area contributed by atoms with E-state index in [2.05, 4.69) is 10.4 Å². The number of aliphatic hydroxyl groups is 1. The number of imide groups is 2. The van der Waals surface area contributed by atoms with Gasteiger partial charge in [-0.15, -0.1) is 0 Å². The van der Waals surface area contributed by atoms with Crippen LogP contribution >= 0.6 is 23.2 Å². The zero-order chi connectivity index (χ0) is 39.4. The summed E-state index contributed by atoms with van der Waals surface area (Å²) in [6, 6.07) is 13.7. The van der Waals surface area contributed by atoms with Crippen molar-refractivity contribution in [1.82, 2.24) is 14.9 Å². The third-order valence-corrected chi connectivity index (χ3v) is 11.5. The molecule has 55 heavy (non-hydrogen) atoms. The van der Waals surface area contributed by atoms with E-state index in [-0.39, 0.29) is 51.2 Å². The molecule has 288 valence electrons. The van der Waals surface area contributed by atoms with Gasteiger partial charge in [0.2, 0.25) is 11.8 Å². The van der Waals surface area contributed by atoms with Crippen LogP contribution in [0.5, 0.6) is 5.75 Å². The van der Waals surface area contributed by atoms with E-state index < -0.39 is 87.2 Å². The van der Waals surface area contributed by atoms with E-state index in [4.69, 9.17) is 27.9 Å². The fraction of sp³-hybridized carbons (Fsp3) is 0.368. The molecule has 12 nitrogen and oxygen atoms in total. The van der Waals surface area contributed by atoms with Gasteiger partial charge in [0.05, 0.1) is 40.4 Å². The highest BCUT2D eigenvalue weighted by molar-refractivity contribution is 6.33. The number of pyridine rings is 1. The van der Waals surface area contributed by atoms with Crippen molar-refractivity contribution < 1.29 is 52.1 Å². The molecule has 1 saturated carbocycles. The number of alkyl halides is 3. The van der Waals surface area contributed by atoms with E-state index in [1.165, 1.54) is 0 Å². The van der Waals surface area contributed by atoms with Crippen LogP contribution in [0.1, 0.15) is 48.3 Å². The zero-order valence-electron chi connectivity index (χ0n) is 28.8. The summed E-state index contributed by atoms with van der Waals surface area (Å²) in [5, 5.41) is 19.4. The van der Waals surface area contributed by atoms with Gasteiger partial charge < -0.3 is 14.9 Å². The number of ether oxygens (including phenoxy) is 1. The third-order valence-electron chi connectivity index (χ3n) is 11.0. The van der Waals surface area contributed by atoms with Gasteiger partial charge in [-0.3, -0.25) is 34.3 Å². The molecule has 6 unspecified atom stereocenters. The lowest BCUT2D eigenvalue weighted by molar-refractivity contribution is -0.142. The minimum atomic E-state index is -4.77. The largest absolute Gasteiger partial charge is 0.491 e. The van der Waals surface area contributed by atoms with Gasteiger partial charge in [0, 0.05) is 35.7 Å². The lowest BCUT2D eigenvalue weighted by atomic mass is 9.49. The second-order valence-corrected chi connectivity index (χ2v) is 14.7. The fourth-order valence-electron chi connectivity index (χ4n) is 8.81. The van der Waals surface area contributed by atoms with E-state index in [0.29, 0.717) is 39.0 Å². The average Bonchev–Trinajstić information content (AvgIpc) is 3.51. The molecule has 6 atom stereocenters. The topological polar surface area (TPSA) is 166 Å². The first kappa shape index (κ1) is 38.3. The van der Waals surface area contributed by atoms with Gasteiger partial charge in [0.1, 0.15) is 12.4 Å². The molecule has 0 bridgehead atoms. The van der Waals surface area contributed by atoms with Crippen LogP contribution in [0.25, 0.3) is 0 Å². The number of rotatable bonds is 11. The lowest BCUT2D eigenvalue weighted by Gasteiger charge is -2.50. The molecule has 2 aliphatic heterocycles. The van der Waals surface area contributed by atoms with Gasteiger partial charge in [-0.1, -0.05) is 65.2 Å². The number of carboxylic acids is 1. The number of carbonyl (C=O) groups excluding carboxylic acids is 4. The summed E-state index contributed by atoms with van der Waals surface area (Å²) in [4.78, 5) is 74.1. The third kappa shape index (κ3) is 6.41. The molecule has 3 fully saturated rings. The van der Waals surface area contributed by atoms with E-state index >= 15 is 4.79 Å². The average molecular weight is 802 g/mol. The van der Waals surface area contributed by atoms with Crippen LogP contribution in [0.2, 0.25) is 10.0 Å². The molecule has 1 aromatic heterocycles. The van der Waals surface area contributed by atoms with E-state index in [1.807, 2.05) is 6.08 Å². The monoisotopic (exact) mass is 800 g/mol. The number of hydrazine groups is 1.